The van der Waals surface area contributed by atoms with E-state index in [0.29, 0.717) is 6.10 Å². The smallest absolute Gasteiger partial charge is 0.112 e. The van der Waals surface area contributed by atoms with Gasteiger partial charge in [-0.25, -0.2) is 0 Å². The molecular formula is C11H22O3. The van der Waals surface area contributed by atoms with Crippen molar-refractivity contribution in [2.75, 3.05) is 14.2 Å². The third-order valence-corrected chi connectivity index (χ3v) is 3.24. The minimum Gasteiger partial charge on any atom is -0.376 e. The van der Waals surface area contributed by atoms with Crippen molar-refractivity contribution in [3.8, 4) is 0 Å². The molecule has 1 aliphatic heterocycles. The highest BCUT2D eigenvalue weighted by Crippen LogP contribution is 2.34. The predicted octanol–water partition coefficient (Wildman–Crippen LogP) is 1.99. The number of hydrogen-bond donors (Lipinski definition) is 0. The highest BCUT2D eigenvalue weighted by Gasteiger charge is 2.45. The molecule has 84 valence electrons. The minimum absolute atomic E-state index is 0.0234. The highest BCUT2D eigenvalue weighted by molar-refractivity contribution is 4.95. The van der Waals surface area contributed by atoms with Crippen LogP contribution in [-0.2, 0) is 14.2 Å². The summed E-state index contributed by atoms with van der Waals surface area (Å²) in [7, 11) is 3.46. The van der Waals surface area contributed by atoms with Crippen molar-refractivity contribution in [1.82, 2.24) is 0 Å². The first-order valence-corrected chi connectivity index (χ1v) is 5.30. The standard InChI is InChI=1S/C11H22O3/c1-6-9-7-11(3,13-5)10(12-4)8(2)14-9/h8-10H,6-7H2,1-5H3/t8-,9?,10-,11+/m0/s1. The summed E-state index contributed by atoms with van der Waals surface area (Å²) in [6.07, 6.45) is 2.35. The molecule has 0 aromatic heterocycles. The molecule has 1 aliphatic rings. The van der Waals surface area contributed by atoms with Crippen LogP contribution in [0.5, 0.6) is 0 Å². The Labute approximate surface area is 86.7 Å². The number of ether oxygens (including phenoxy) is 3. The molecule has 1 saturated heterocycles. The summed E-state index contributed by atoms with van der Waals surface area (Å²) in [5.41, 5.74) is -0.215. The molecule has 0 aromatic carbocycles. The van der Waals surface area contributed by atoms with Crippen LogP contribution in [0.1, 0.15) is 33.6 Å². The lowest BCUT2D eigenvalue weighted by molar-refractivity contribution is -0.223. The van der Waals surface area contributed by atoms with Gasteiger partial charge in [0.05, 0.1) is 17.8 Å². The summed E-state index contributed by atoms with van der Waals surface area (Å²) in [4.78, 5) is 0. The number of rotatable bonds is 3. The summed E-state index contributed by atoms with van der Waals surface area (Å²) >= 11 is 0. The SMILES string of the molecule is CCC1C[C@@](C)(OC)[C@@H](OC)[C@H](C)O1. The Morgan fingerprint density at radius 2 is 2.07 bits per heavy atom. The second-order valence-corrected chi connectivity index (χ2v) is 4.25. The van der Waals surface area contributed by atoms with Crippen LogP contribution in [0.4, 0.5) is 0 Å². The summed E-state index contributed by atoms with van der Waals surface area (Å²) in [6, 6.07) is 0. The normalized spacial score (nSPS) is 43.9. The molecule has 0 aliphatic carbocycles. The summed E-state index contributed by atoms with van der Waals surface area (Å²) < 4.78 is 16.9. The van der Waals surface area contributed by atoms with Crippen molar-refractivity contribution in [2.45, 2.75) is 57.5 Å². The second-order valence-electron chi connectivity index (χ2n) is 4.25. The molecule has 0 amide bonds. The lowest BCUT2D eigenvalue weighted by atomic mass is 9.85. The first-order chi connectivity index (χ1) is 6.57. The van der Waals surface area contributed by atoms with Crippen molar-refractivity contribution in [3.05, 3.63) is 0 Å². The molecule has 3 nitrogen and oxygen atoms in total. The Bertz CT molecular complexity index is 183. The van der Waals surface area contributed by atoms with Crippen LogP contribution in [0.3, 0.4) is 0 Å². The van der Waals surface area contributed by atoms with Crippen LogP contribution in [0.2, 0.25) is 0 Å². The van der Waals surface area contributed by atoms with Crippen LogP contribution in [0.25, 0.3) is 0 Å². The molecule has 3 heteroatoms. The van der Waals surface area contributed by atoms with Gasteiger partial charge in [0, 0.05) is 20.6 Å². The Hall–Kier alpha value is -0.120. The van der Waals surface area contributed by atoms with Gasteiger partial charge >= 0.3 is 0 Å². The lowest BCUT2D eigenvalue weighted by Crippen LogP contribution is -2.56. The maximum absolute atomic E-state index is 5.83. The second kappa shape index (κ2) is 4.60. The summed E-state index contributed by atoms with van der Waals surface area (Å²) in [5, 5.41) is 0. The van der Waals surface area contributed by atoms with Gasteiger partial charge in [-0.1, -0.05) is 6.92 Å². The zero-order valence-electron chi connectivity index (χ0n) is 9.87. The average molecular weight is 202 g/mol. The van der Waals surface area contributed by atoms with Gasteiger partial charge in [0.1, 0.15) is 6.10 Å². The molecule has 14 heavy (non-hydrogen) atoms. The number of methoxy groups -OCH3 is 2. The topological polar surface area (TPSA) is 27.7 Å². The summed E-state index contributed by atoms with van der Waals surface area (Å²) in [6.45, 7) is 6.29. The first kappa shape index (κ1) is 12.0. The van der Waals surface area contributed by atoms with Gasteiger partial charge in [-0.05, 0) is 20.3 Å². The van der Waals surface area contributed by atoms with Crippen LogP contribution in [0.15, 0.2) is 0 Å². The maximum atomic E-state index is 5.83. The monoisotopic (exact) mass is 202 g/mol. The van der Waals surface area contributed by atoms with Crippen LogP contribution in [0, 0.1) is 0 Å². The Balaban J connectivity index is 2.77. The first-order valence-electron chi connectivity index (χ1n) is 5.30. The van der Waals surface area contributed by atoms with Gasteiger partial charge in [0.15, 0.2) is 0 Å². The van der Waals surface area contributed by atoms with E-state index in [1.807, 2.05) is 6.92 Å². The van der Waals surface area contributed by atoms with Gasteiger partial charge in [0.25, 0.3) is 0 Å². The van der Waals surface area contributed by atoms with Gasteiger partial charge in [-0.15, -0.1) is 0 Å². The van der Waals surface area contributed by atoms with E-state index in [1.165, 1.54) is 0 Å². The largest absolute Gasteiger partial charge is 0.376 e. The molecule has 0 aromatic rings. The van der Waals surface area contributed by atoms with E-state index in [4.69, 9.17) is 14.2 Å². The van der Waals surface area contributed by atoms with Gasteiger partial charge in [-0.2, -0.15) is 0 Å². The van der Waals surface area contributed by atoms with Gasteiger partial charge in [0.2, 0.25) is 0 Å². The van der Waals surface area contributed by atoms with Crippen LogP contribution < -0.4 is 0 Å². The molecule has 1 fully saturated rings. The third-order valence-electron chi connectivity index (χ3n) is 3.24. The van der Waals surface area contributed by atoms with E-state index >= 15 is 0 Å². The third kappa shape index (κ3) is 2.10. The quantitative estimate of drug-likeness (QED) is 0.700. The van der Waals surface area contributed by atoms with Crippen molar-refractivity contribution < 1.29 is 14.2 Å². The van der Waals surface area contributed by atoms with Crippen molar-refractivity contribution >= 4 is 0 Å². The van der Waals surface area contributed by atoms with E-state index in [-0.39, 0.29) is 17.8 Å². The Kier molecular flexibility index (Phi) is 3.93. The minimum atomic E-state index is -0.215. The highest BCUT2D eigenvalue weighted by atomic mass is 16.6. The fourth-order valence-corrected chi connectivity index (χ4v) is 2.37. The van der Waals surface area contributed by atoms with Crippen molar-refractivity contribution in [3.63, 3.8) is 0 Å². The molecule has 0 spiro atoms. The van der Waals surface area contributed by atoms with E-state index in [2.05, 4.69) is 13.8 Å². The molecule has 4 atom stereocenters. The fraction of sp³-hybridized carbons (Fsp3) is 1.00. The van der Waals surface area contributed by atoms with E-state index in [1.54, 1.807) is 14.2 Å². The maximum Gasteiger partial charge on any atom is 0.112 e. The molecule has 1 unspecified atom stereocenters. The Morgan fingerprint density at radius 3 is 2.50 bits per heavy atom. The Morgan fingerprint density at radius 1 is 1.43 bits per heavy atom. The van der Waals surface area contributed by atoms with E-state index < -0.39 is 0 Å². The number of hydrogen-bond acceptors (Lipinski definition) is 3. The molecule has 1 heterocycles. The molecular weight excluding hydrogens is 180 g/mol. The van der Waals surface area contributed by atoms with Crippen LogP contribution >= 0.6 is 0 Å². The fourth-order valence-electron chi connectivity index (χ4n) is 2.37. The summed E-state index contributed by atoms with van der Waals surface area (Å²) in [5.74, 6) is 0. The molecule has 0 bridgehead atoms. The van der Waals surface area contributed by atoms with E-state index in [0.717, 1.165) is 12.8 Å². The average Bonchev–Trinajstić information content (AvgIpc) is 2.17. The van der Waals surface area contributed by atoms with Crippen LogP contribution in [-0.4, -0.2) is 38.1 Å². The van der Waals surface area contributed by atoms with Gasteiger partial charge in [-0.3, -0.25) is 0 Å². The molecule has 0 saturated carbocycles. The zero-order valence-corrected chi connectivity index (χ0v) is 9.87. The molecule has 1 rings (SSSR count). The predicted molar refractivity (Wildman–Crippen MR) is 55.5 cm³/mol. The van der Waals surface area contributed by atoms with Gasteiger partial charge < -0.3 is 14.2 Å². The van der Waals surface area contributed by atoms with E-state index in [9.17, 15) is 0 Å². The molecule has 0 N–H and O–H groups in total. The van der Waals surface area contributed by atoms with Crippen molar-refractivity contribution in [2.24, 2.45) is 0 Å². The lowest BCUT2D eigenvalue weighted by Gasteiger charge is -2.46. The molecule has 0 radical (unpaired) electrons. The zero-order chi connectivity index (χ0) is 10.8. The van der Waals surface area contributed by atoms with Crippen molar-refractivity contribution in [1.29, 1.82) is 0 Å².